The van der Waals surface area contributed by atoms with Crippen LogP contribution in [0, 0.1) is 0 Å². The van der Waals surface area contributed by atoms with Crippen LogP contribution < -0.4 is 4.74 Å². The van der Waals surface area contributed by atoms with Crippen molar-refractivity contribution in [3.05, 3.63) is 65.7 Å². The van der Waals surface area contributed by atoms with E-state index in [9.17, 15) is 9.90 Å². The summed E-state index contributed by atoms with van der Waals surface area (Å²) in [4.78, 5) is 12.7. The standard InChI is InChI=1S/C23H30O7/c1-4-27-14-15-28-17-23(26-3,29-5-2)30-20-13-9-12-19(16-20)22(25)21(24)18-10-7-6-8-11-18/h6-13,16,21,24H,4-5,14-15,17H2,1-3H3. The van der Waals surface area contributed by atoms with Gasteiger partial charge in [-0.25, -0.2) is 0 Å². The highest BCUT2D eigenvalue weighted by Gasteiger charge is 2.34. The molecule has 7 heteroatoms. The smallest absolute Gasteiger partial charge is 0.351 e. The predicted octanol–water partition coefficient (Wildman–Crippen LogP) is 3.37. The highest BCUT2D eigenvalue weighted by atomic mass is 16.9. The number of carbonyl (C=O) groups is 1. The van der Waals surface area contributed by atoms with Crippen LogP contribution in [-0.2, 0) is 18.9 Å². The van der Waals surface area contributed by atoms with E-state index < -0.39 is 17.9 Å². The summed E-state index contributed by atoms with van der Waals surface area (Å²) in [6, 6.07) is 15.3. The third kappa shape index (κ3) is 6.90. The van der Waals surface area contributed by atoms with Crippen LogP contribution in [0.3, 0.4) is 0 Å². The van der Waals surface area contributed by atoms with Gasteiger partial charge in [0.05, 0.1) is 19.8 Å². The molecule has 0 amide bonds. The van der Waals surface area contributed by atoms with Gasteiger partial charge in [-0.1, -0.05) is 42.5 Å². The van der Waals surface area contributed by atoms with Gasteiger partial charge in [-0.15, -0.1) is 0 Å². The average molecular weight is 418 g/mol. The monoisotopic (exact) mass is 418 g/mol. The maximum atomic E-state index is 12.7. The molecule has 0 aromatic heterocycles. The molecule has 0 saturated heterocycles. The first-order valence-electron chi connectivity index (χ1n) is 9.96. The molecule has 0 heterocycles. The Morgan fingerprint density at radius 2 is 1.73 bits per heavy atom. The topological polar surface area (TPSA) is 83.5 Å². The van der Waals surface area contributed by atoms with Gasteiger partial charge in [0.1, 0.15) is 18.5 Å². The quantitative estimate of drug-likeness (QED) is 0.286. The second-order valence-corrected chi connectivity index (χ2v) is 6.38. The van der Waals surface area contributed by atoms with Crippen molar-refractivity contribution in [1.29, 1.82) is 0 Å². The largest absolute Gasteiger partial charge is 0.437 e. The summed E-state index contributed by atoms with van der Waals surface area (Å²) in [6.45, 7) is 5.47. The SMILES string of the molecule is CCOCCOCC(OC)(OCC)Oc1cccc(C(=O)C(O)c2ccccc2)c1. The minimum Gasteiger partial charge on any atom is -0.437 e. The molecule has 2 unspecified atom stereocenters. The van der Waals surface area contributed by atoms with Gasteiger partial charge in [0.15, 0.2) is 5.78 Å². The maximum Gasteiger partial charge on any atom is 0.351 e. The van der Waals surface area contributed by atoms with Crippen molar-refractivity contribution < 1.29 is 33.6 Å². The van der Waals surface area contributed by atoms with Crippen molar-refractivity contribution in [3.63, 3.8) is 0 Å². The van der Waals surface area contributed by atoms with E-state index in [4.69, 9.17) is 23.7 Å². The Balaban J connectivity index is 2.12. The molecule has 0 bridgehead atoms. The molecule has 2 rings (SSSR count). The summed E-state index contributed by atoms with van der Waals surface area (Å²) < 4.78 is 27.9. The fourth-order valence-electron chi connectivity index (χ4n) is 2.78. The summed E-state index contributed by atoms with van der Waals surface area (Å²) in [5.41, 5.74) is 0.833. The Morgan fingerprint density at radius 3 is 2.40 bits per heavy atom. The molecule has 0 aliphatic heterocycles. The lowest BCUT2D eigenvalue weighted by Gasteiger charge is -2.31. The number of Topliss-reactive ketones (excluding diaryl/α,β-unsaturated/α-hetero) is 1. The lowest BCUT2D eigenvalue weighted by Crippen LogP contribution is -2.46. The fourth-order valence-corrected chi connectivity index (χ4v) is 2.78. The second kappa shape index (κ2) is 12.4. The summed E-state index contributed by atoms with van der Waals surface area (Å²) >= 11 is 0. The van der Waals surface area contributed by atoms with Crippen molar-refractivity contribution in [2.24, 2.45) is 0 Å². The normalized spacial score (nSPS) is 14.1. The van der Waals surface area contributed by atoms with Gasteiger partial charge in [-0.05, 0) is 31.5 Å². The van der Waals surface area contributed by atoms with Crippen LogP contribution in [0.25, 0.3) is 0 Å². The number of methoxy groups -OCH3 is 1. The van der Waals surface area contributed by atoms with E-state index in [0.717, 1.165) is 0 Å². The molecule has 30 heavy (non-hydrogen) atoms. The highest BCUT2D eigenvalue weighted by Crippen LogP contribution is 2.25. The lowest BCUT2D eigenvalue weighted by molar-refractivity contribution is -0.349. The fraction of sp³-hybridized carbons (Fsp3) is 0.435. The summed E-state index contributed by atoms with van der Waals surface area (Å²) in [5.74, 6) is -1.55. The number of hydrogen-bond donors (Lipinski definition) is 1. The average Bonchev–Trinajstić information content (AvgIpc) is 2.78. The first-order valence-corrected chi connectivity index (χ1v) is 9.96. The maximum absolute atomic E-state index is 12.7. The summed E-state index contributed by atoms with van der Waals surface area (Å²) in [7, 11) is 1.45. The zero-order valence-corrected chi connectivity index (χ0v) is 17.7. The van der Waals surface area contributed by atoms with Crippen LogP contribution in [0.4, 0.5) is 0 Å². The molecule has 2 atom stereocenters. The second-order valence-electron chi connectivity index (χ2n) is 6.38. The van der Waals surface area contributed by atoms with E-state index in [2.05, 4.69) is 0 Å². The van der Waals surface area contributed by atoms with Gasteiger partial charge in [0, 0.05) is 19.3 Å². The van der Waals surface area contributed by atoms with Gasteiger partial charge in [-0.3, -0.25) is 4.79 Å². The van der Waals surface area contributed by atoms with Crippen molar-refractivity contribution in [1.82, 2.24) is 0 Å². The first-order chi connectivity index (χ1) is 14.5. The van der Waals surface area contributed by atoms with Gasteiger partial charge < -0.3 is 28.8 Å². The van der Waals surface area contributed by atoms with Crippen LogP contribution in [0.2, 0.25) is 0 Å². The minimum absolute atomic E-state index is 0.00916. The lowest BCUT2D eigenvalue weighted by atomic mass is 10.00. The molecule has 7 nitrogen and oxygen atoms in total. The van der Waals surface area contributed by atoms with Crippen LogP contribution in [0.5, 0.6) is 5.75 Å². The molecule has 164 valence electrons. The zero-order chi connectivity index (χ0) is 21.8. The van der Waals surface area contributed by atoms with E-state index in [1.165, 1.54) is 7.11 Å². The van der Waals surface area contributed by atoms with Gasteiger partial charge in [0.2, 0.25) is 0 Å². The third-order valence-electron chi connectivity index (χ3n) is 4.29. The molecule has 0 radical (unpaired) electrons. The Kier molecular flexibility index (Phi) is 9.93. The molecule has 0 aliphatic rings. The molecule has 0 spiro atoms. The Labute approximate surface area is 177 Å². The predicted molar refractivity (Wildman–Crippen MR) is 111 cm³/mol. The Hall–Kier alpha value is -2.29. The number of aliphatic hydroxyl groups is 1. The van der Waals surface area contributed by atoms with Crippen molar-refractivity contribution in [2.45, 2.75) is 25.9 Å². The van der Waals surface area contributed by atoms with Crippen molar-refractivity contribution in [2.75, 3.05) is 40.1 Å². The van der Waals surface area contributed by atoms with Crippen LogP contribution >= 0.6 is 0 Å². The number of ether oxygens (including phenoxy) is 5. The Morgan fingerprint density at radius 1 is 1.00 bits per heavy atom. The van der Waals surface area contributed by atoms with Crippen molar-refractivity contribution >= 4 is 5.78 Å². The number of hydrogen-bond acceptors (Lipinski definition) is 7. The number of carbonyl (C=O) groups excluding carboxylic acids is 1. The number of benzene rings is 2. The molecule has 2 aromatic carbocycles. The molecule has 1 N–H and O–H groups in total. The van der Waals surface area contributed by atoms with Crippen molar-refractivity contribution in [3.8, 4) is 5.75 Å². The molecule has 0 fully saturated rings. The van der Waals surface area contributed by atoms with E-state index in [1.54, 1.807) is 48.5 Å². The van der Waals surface area contributed by atoms with E-state index in [0.29, 0.717) is 43.3 Å². The molecular weight excluding hydrogens is 388 g/mol. The number of ketones is 1. The third-order valence-corrected chi connectivity index (χ3v) is 4.29. The van der Waals surface area contributed by atoms with Crippen LogP contribution in [-0.4, -0.2) is 57.0 Å². The molecular formula is C23H30O7. The van der Waals surface area contributed by atoms with Gasteiger partial charge >= 0.3 is 5.97 Å². The molecule has 0 aliphatic carbocycles. The van der Waals surface area contributed by atoms with E-state index in [1.807, 2.05) is 19.9 Å². The summed E-state index contributed by atoms with van der Waals surface area (Å²) in [5, 5.41) is 10.4. The summed E-state index contributed by atoms with van der Waals surface area (Å²) in [6.07, 6.45) is -1.26. The number of aliphatic hydroxyl groups excluding tert-OH is 1. The first kappa shape index (κ1) is 24.0. The zero-order valence-electron chi connectivity index (χ0n) is 17.7. The molecule has 0 saturated carbocycles. The Bertz CT molecular complexity index is 765. The minimum atomic E-state index is -1.47. The van der Waals surface area contributed by atoms with Gasteiger partial charge in [-0.2, -0.15) is 0 Å². The highest BCUT2D eigenvalue weighted by molar-refractivity contribution is 6.00. The van der Waals surface area contributed by atoms with E-state index >= 15 is 0 Å². The van der Waals surface area contributed by atoms with E-state index in [-0.39, 0.29) is 6.61 Å². The van der Waals surface area contributed by atoms with Crippen LogP contribution in [0.15, 0.2) is 54.6 Å². The van der Waals surface area contributed by atoms with Gasteiger partial charge in [0.25, 0.3) is 0 Å². The number of rotatable bonds is 14. The van der Waals surface area contributed by atoms with Crippen LogP contribution in [0.1, 0.15) is 35.9 Å². The molecule has 2 aromatic rings.